The van der Waals surface area contributed by atoms with Gasteiger partial charge in [0.05, 0.1) is 35.0 Å². The third kappa shape index (κ3) is 3.07. The molecule has 46 heavy (non-hydrogen) atoms. The van der Waals surface area contributed by atoms with E-state index in [0.29, 0.717) is 16.9 Å². The van der Waals surface area contributed by atoms with E-state index in [4.69, 9.17) is 0 Å². The van der Waals surface area contributed by atoms with Crippen molar-refractivity contribution in [1.29, 1.82) is 0 Å². The van der Waals surface area contributed by atoms with Crippen LogP contribution in [0.2, 0.25) is 0 Å². The van der Waals surface area contributed by atoms with Gasteiger partial charge in [-0.15, -0.1) is 0 Å². The summed E-state index contributed by atoms with van der Waals surface area (Å²) in [6, 6.07) is 22.0. The molecule has 3 aliphatic heterocycles. The minimum atomic E-state index is -1.07. The molecule has 0 spiro atoms. The second-order valence-corrected chi connectivity index (χ2v) is 13.9. The van der Waals surface area contributed by atoms with Crippen molar-refractivity contribution in [3.8, 4) is 0 Å². The number of rotatable bonds is 4. The molecule has 7 aliphatic rings. The van der Waals surface area contributed by atoms with Crippen LogP contribution in [0, 0.1) is 47.3 Å². The standard InChI is InChI=1S/C38H29N3O5/c42-33-27-3-1-2-4-28(27)38(39-33,23-9-13-25(14-10-23)40-34(43)29-19-5-6-20(17-19)30(29)35(40)44)24-11-15-26(16-12-24)41-36(45)31-21-7-8-22(18-21)32(31)37(41)46/h1-16,19-22,29-32H,17-18H2,(H,39,42)/t19-,20-,21-,22+,29-,30+,31-,32-,38?/m0/s1. The lowest BCUT2D eigenvalue weighted by Gasteiger charge is -2.33. The molecule has 3 aromatic rings. The molecule has 4 fully saturated rings. The van der Waals surface area contributed by atoms with Crippen LogP contribution in [0.1, 0.15) is 39.9 Å². The first kappa shape index (κ1) is 26.1. The molecule has 4 bridgehead atoms. The highest BCUT2D eigenvalue weighted by Gasteiger charge is 2.61. The third-order valence-electron chi connectivity index (χ3n) is 11.9. The van der Waals surface area contributed by atoms with Crippen molar-refractivity contribution in [1.82, 2.24) is 5.32 Å². The van der Waals surface area contributed by atoms with E-state index in [2.05, 4.69) is 29.6 Å². The zero-order valence-corrected chi connectivity index (χ0v) is 24.7. The van der Waals surface area contributed by atoms with Gasteiger partial charge in [0.1, 0.15) is 5.54 Å². The van der Waals surface area contributed by atoms with Crippen LogP contribution in [0.15, 0.2) is 97.1 Å². The first-order chi connectivity index (χ1) is 22.4. The van der Waals surface area contributed by atoms with Gasteiger partial charge < -0.3 is 5.32 Å². The number of hydrogen-bond donors (Lipinski definition) is 1. The van der Waals surface area contributed by atoms with E-state index in [1.165, 1.54) is 9.80 Å². The maximum atomic E-state index is 13.5. The Morgan fingerprint density at radius 2 is 0.913 bits per heavy atom. The number of allylic oxidation sites excluding steroid dienone is 4. The van der Waals surface area contributed by atoms with E-state index in [9.17, 15) is 24.0 Å². The van der Waals surface area contributed by atoms with Gasteiger partial charge in [-0.3, -0.25) is 33.8 Å². The van der Waals surface area contributed by atoms with Gasteiger partial charge in [-0.2, -0.15) is 0 Å². The van der Waals surface area contributed by atoms with Gasteiger partial charge in [0, 0.05) is 5.56 Å². The molecular formula is C38H29N3O5. The fourth-order valence-corrected chi connectivity index (χ4v) is 9.97. The zero-order chi connectivity index (χ0) is 31.1. The average molecular weight is 608 g/mol. The van der Waals surface area contributed by atoms with Gasteiger partial charge in [0.25, 0.3) is 5.91 Å². The summed E-state index contributed by atoms with van der Waals surface area (Å²) in [5.74, 6) is -1.38. The van der Waals surface area contributed by atoms with Crippen LogP contribution < -0.4 is 15.1 Å². The average Bonchev–Trinajstić information content (AvgIpc) is 3.94. The Hall–Kier alpha value is -5.11. The maximum absolute atomic E-state index is 13.5. The first-order valence-electron chi connectivity index (χ1n) is 16.1. The summed E-state index contributed by atoms with van der Waals surface area (Å²) in [4.78, 5) is 70.0. The monoisotopic (exact) mass is 607 g/mol. The van der Waals surface area contributed by atoms with Crippen molar-refractivity contribution in [3.63, 3.8) is 0 Å². The minimum absolute atomic E-state index is 0.129. The van der Waals surface area contributed by atoms with Crippen molar-refractivity contribution >= 4 is 40.9 Å². The van der Waals surface area contributed by atoms with Crippen LogP contribution in [0.25, 0.3) is 0 Å². The molecule has 226 valence electrons. The van der Waals surface area contributed by atoms with Gasteiger partial charge >= 0.3 is 0 Å². The van der Waals surface area contributed by atoms with Crippen molar-refractivity contribution < 1.29 is 24.0 Å². The van der Waals surface area contributed by atoms with E-state index in [0.717, 1.165) is 29.5 Å². The highest BCUT2D eigenvalue weighted by molar-refractivity contribution is 6.23. The Kier molecular flexibility index (Phi) is 4.99. The molecule has 0 aromatic heterocycles. The summed E-state index contributed by atoms with van der Waals surface area (Å²) in [7, 11) is 0. The molecule has 1 unspecified atom stereocenters. The summed E-state index contributed by atoms with van der Waals surface area (Å²) in [5.41, 5.74) is 2.82. The molecular weight excluding hydrogens is 578 g/mol. The number of fused-ring (bicyclic) bond motifs is 11. The number of benzene rings is 3. The van der Waals surface area contributed by atoms with Gasteiger partial charge in [-0.05, 0) is 83.5 Å². The summed E-state index contributed by atoms with van der Waals surface area (Å²) < 4.78 is 0. The van der Waals surface area contributed by atoms with Crippen molar-refractivity contribution in [2.45, 2.75) is 18.4 Å². The summed E-state index contributed by atoms with van der Waals surface area (Å²) in [6.45, 7) is 0. The van der Waals surface area contributed by atoms with Crippen molar-refractivity contribution in [2.24, 2.45) is 47.3 Å². The predicted octanol–water partition coefficient (Wildman–Crippen LogP) is 4.34. The van der Waals surface area contributed by atoms with E-state index in [1.807, 2.05) is 42.5 Å². The molecule has 8 heteroatoms. The smallest absolute Gasteiger partial charge is 0.252 e. The Morgan fingerprint density at radius 3 is 1.33 bits per heavy atom. The Bertz CT molecular complexity index is 1820. The van der Waals surface area contributed by atoms with E-state index >= 15 is 0 Å². The molecule has 3 heterocycles. The van der Waals surface area contributed by atoms with Gasteiger partial charge in [0.2, 0.25) is 23.6 Å². The number of anilines is 2. The molecule has 3 aromatic carbocycles. The van der Waals surface area contributed by atoms with Crippen LogP contribution in [0.3, 0.4) is 0 Å². The second-order valence-electron chi connectivity index (χ2n) is 13.9. The highest BCUT2D eigenvalue weighted by Crippen LogP contribution is 2.55. The molecule has 5 amide bonds. The van der Waals surface area contributed by atoms with Crippen molar-refractivity contribution in [2.75, 3.05) is 9.80 Å². The number of hydrogen-bond acceptors (Lipinski definition) is 5. The maximum Gasteiger partial charge on any atom is 0.252 e. The lowest BCUT2D eigenvalue weighted by atomic mass is 9.78. The third-order valence-corrected chi connectivity index (χ3v) is 11.9. The van der Waals surface area contributed by atoms with Crippen LogP contribution in [-0.4, -0.2) is 29.5 Å². The summed E-state index contributed by atoms with van der Waals surface area (Å²) >= 11 is 0. The second kappa shape index (κ2) is 8.78. The molecule has 1 N–H and O–H groups in total. The zero-order valence-electron chi connectivity index (χ0n) is 24.7. The summed E-state index contributed by atoms with van der Waals surface area (Å²) in [5, 5.41) is 3.23. The highest BCUT2D eigenvalue weighted by atomic mass is 16.2. The quantitative estimate of drug-likeness (QED) is 0.351. The molecule has 2 saturated heterocycles. The van der Waals surface area contributed by atoms with Crippen LogP contribution >= 0.6 is 0 Å². The van der Waals surface area contributed by atoms with E-state index in [-0.39, 0.29) is 76.9 Å². The Balaban J connectivity index is 1.02. The Morgan fingerprint density at radius 1 is 0.522 bits per heavy atom. The molecule has 0 radical (unpaired) electrons. The number of carbonyl (C=O) groups excluding carboxylic acids is 5. The first-order valence-corrected chi connectivity index (χ1v) is 16.1. The fourth-order valence-electron chi connectivity index (χ4n) is 9.97. The largest absolute Gasteiger partial charge is 0.334 e. The lowest BCUT2D eigenvalue weighted by Crippen LogP contribution is -2.41. The number of imide groups is 2. The van der Waals surface area contributed by atoms with Crippen molar-refractivity contribution in [3.05, 3.63) is 119 Å². The molecule has 4 aliphatic carbocycles. The van der Waals surface area contributed by atoms with Crippen LogP contribution in [-0.2, 0) is 24.7 Å². The lowest BCUT2D eigenvalue weighted by molar-refractivity contribution is -0.124. The number of carbonyl (C=O) groups is 5. The topological polar surface area (TPSA) is 104 Å². The number of nitrogens with zero attached hydrogens (tertiary/aromatic N) is 2. The normalized spacial score (nSPS) is 35.9. The SMILES string of the molecule is O=C1NC(c2ccc(N3C(=O)[C@@H]4[C@@H](C3=O)[C@H]3C=C[C@@H]4C3)cc2)(c2ccc(N3C(=O)[C@@H]4[C@H](C3=O)[C@H]3C=C[C@H]4C3)cc2)c2ccccc21. The summed E-state index contributed by atoms with van der Waals surface area (Å²) in [6.07, 6.45) is 10.1. The van der Waals surface area contributed by atoms with Crippen LogP contribution in [0.5, 0.6) is 0 Å². The van der Waals surface area contributed by atoms with Crippen LogP contribution in [0.4, 0.5) is 11.4 Å². The van der Waals surface area contributed by atoms with Gasteiger partial charge in [-0.25, -0.2) is 0 Å². The number of nitrogens with one attached hydrogen (secondary N) is 1. The van der Waals surface area contributed by atoms with E-state index in [1.54, 1.807) is 30.3 Å². The van der Waals surface area contributed by atoms with E-state index < -0.39 is 5.54 Å². The molecule has 10 rings (SSSR count). The Labute approximate surface area is 264 Å². The van der Waals surface area contributed by atoms with Gasteiger partial charge in [-0.1, -0.05) is 66.8 Å². The van der Waals surface area contributed by atoms with Gasteiger partial charge in [0.15, 0.2) is 0 Å². The molecule has 2 saturated carbocycles. The predicted molar refractivity (Wildman–Crippen MR) is 167 cm³/mol. The minimum Gasteiger partial charge on any atom is -0.334 e. The number of amides is 5. The molecule has 8 nitrogen and oxygen atoms in total. The molecule has 9 atom stereocenters. The fraction of sp³-hybridized carbons (Fsp3) is 0.289.